The largest absolute Gasteiger partial charge is 0.366 e. The molecule has 2 rings (SSSR count). The number of carbonyl (C=O) groups excluding carboxylic acids is 2. The van der Waals surface area contributed by atoms with Crippen LogP contribution in [0.4, 0.5) is 0 Å². The Kier molecular flexibility index (Phi) is 6.50. The van der Waals surface area contributed by atoms with E-state index in [1.807, 2.05) is 38.8 Å². The first kappa shape index (κ1) is 18.6. The second-order valence-corrected chi connectivity index (χ2v) is 6.85. The van der Waals surface area contributed by atoms with Gasteiger partial charge in [0.25, 0.3) is 0 Å². The van der Waals surface area contributed by atoms with E-state index in [4.69, 9.17) is 0 Å². The molecule has 0 radical (unpaired) electrons. The maximum absolute atomic E-state index is 12.0. The Balaban J connectivity index is 2.17. The van der Waals surface area contributed by atoms with Crippen LogP contribution in [0.1, 0.15) is 47.0 Å². The molecule has 0 unspecified atom stereocenters. The summed E-state index contributed by atoms with van der Waals surface area (Å²) in [5, 5.41) is 12.1. The van der Waals surface area contributed by atoms with Crippen molar-refractivity contribution in [3.63, 3.8) is 0 Å². The van der Waals surface area contributed by atoms with Crippen molar-refractivity contribution in [2.45, 2.75) is 53.0 Å². The fourth-order valence-electron chi connectivity index (χ4n) is 2.38. The van der Waals surface area contributed by atoms with Crippen molar-refractivity contribution in [1.29, 1.82) is 0 Å². The van der Waals surface area contributed by atoms with Gasteiger partial charge in [-0.15, -0.1) is 10.3 Å². The molecule has 2 N–H and O–H groups in total. The van der Waals surface area contributed by atoms with Crippen molar-refractivity contribution < 1.29 is 9.59 Å². The smallest absolute Gasteiger partial charge is 0.239 e. The molecular weight excluding hydrogens is 328 g/mol. The Hall–Kier alpha value is -1.74. The third-order valence-electron chi connectivity index (χ3n) is 3.54. The quantitative estimate of drug-likeness (QED) is 0.551. The average molecular weight is 354 g/mol. The fraction of sp³-hybridized carbons (Fsp3) is 0.667. The second-order valence-electron chi connectivity index (χ2n) is 5.86. The molecule has 8 nitrogen and oxygen atoms in total. The van der Waals surface area contributed by atoms with Crippen LogP contribution in [0, 0.1) is 0 Å². The molecule has 2 aliphatic heterocycles. The molecule has 24 heavy (non-hydrogen) atoms. The van der Waals surface area contributed by atoms with Crippen molar-refractivity contribution in [3.05, 3.63) is 11.1 Å². The highest BCUT2D eigenvalue weighted by molar-refractivity contribution is 8.01. The summed E-state index contributed by atoms with van der Waals surface area (Å²) >= 11 is 1.13. The molecule has 0 aromatic carbocycles. The third-order valence-corrected chi connectivity index (χ3v) is 4.53. The van der Waals surface area contributed by atoms with Gasteiger partial charge in [-0.3, -0.25) is 15.0 Å². The number of rotatable bonds is 6. The lowest BCUT2D eigenvalue weighted by molar-refractivity contribution is -0.140. The fourth-order valence-corrected chi connectivity index (χ4v) is 3.25. The number of imide groups is 1. The predicted molar refractivity (Wildman–Crippen MR) is 95.0 cm³/mol. The van der Waals surface area contributed by atoms with E-state index in [1.54, 1.807) is 5.23 Å². The van der Waals surface area contributed by atoms with Gasteiger partial charge in [0.05, 0.1) is 0 Å². The molecule has 0 saturated carbocycles. The minimum atomic E-state index is -0.144. The maximum Gasteiger partial charge on any atom is 0.239 e. The number of amidine groups is 1. The zero-order chi connectivity index (χ0) is 17.7. The average Bonchev–Trinajstić information content (AvgIpc) is 2.51. The van der Waals surface area contributed by atoms with Crippen LogP contribution in [0.2, 0.25) is 0 Å². The van der Waals surface area contributed by atoms with Crippen molar-refractivity contribution in [1.82, 2.24) is 25.3 Å². The van der Waals surface area contributed by atoms with Crippen LogP contribution in [0.3, 0.4) is 0 Å². The third kappa shape index (κ3) is 4.64. The lowest BCUT2D eigenvalue weighted by Crippen LogP contribution is -2.51. The van der Waals surface area contributed by atoms with Crippen LogP contribution >= 0.6 is 11.9 Å². The summed E-state index contributed by atoms with van der Waals surface area (Å²) in [6.07, 6.45) is 3.28. The first-order valence-electron chi connectivity index (χ1n) is 8.36. The first-order valence-corrected chi connectivity index (χ1v) is 9.14. The number of hydrazine groups is 2. The molecule has 1 fully saturated rings. The number of amides is 2. The summed E-state index contributed by atoms with van der Waals surface area (Å²) in [7, 11) is 0. The number of nitrogens with zero attached hydrogens (tertiary/aromatic N) is 4. The predicted octanol–water partition coefficient (Wildman–Crippen LogP) is 1.40. The molecule has 0 atom stereocenters. The molecule has 2 aliphatic rings. The lowest BCUT2D eigenvalue weighted by atomic mass is 10.1. The van der Waals surface area contributed by atoms with E-state index in [0.717, 1.165) is 25.0 Å². The zero-order valence-electron chi connectivity index (χ0n) is 14.7. The molecule has 0 spiro atoms. The van der Waals surface area contributed by atoms with E-state index in [2.05, 4.69) is 15.8 Å². The molecule has 0 bridgehead atoms. The van der Waals surface area contributed by atoms with Gasteiger partial charge in [-0.2, -0.15) is 5.01 Å². The van der Waals surface area contributed by atoms with Crippen LogP contribution in [-0.2, 0) is 9.59 Å². The number of hydrogen-bond donors (Lipinski definition) is 2. The standard InChI is InChI=1S/C15H26N6O2S/c1-5-19(6-2)21-17-12(16-11(3)4)10-13(18-21)24-20-14(22)8-7-9-15(20)23/h10-11,18H,5-9H2,1-4H3,(H,16,17). The van der Waals surface area contributed by atoms with E-state index in [0.29, 0.717) is 30.1 Å². The lowest BCUT2D eigenvalue weighted by Gasteiger charge is -2.35. The monoisotopic (exact) mass is 354 g/mol. The maximum atomic E-state index is 12.0. The van der Waals surface area contributed by atoms with Gasteiger partial charge in [0.1, 0.15) is 5.03 Å². The minimum absolute atomic E-state index is 0.144. The number of carbonyl (C=O) groups is 2. The number of piperidine rings is 1. The summed E-state index contributed by atoms with van der Waals surface area (Å²) in [5.74, 6) is 0.401. The van der Waals surface area contributed by atoms with Gasteiger partial charge in [0, 0.05) is 50.0 Å². The van der Waals surface area contributed by atoms with Gasteiger partial charge in [0.2, 0.25) is 11.8 Å². The highest BCUT2D eigenvalue weighted by Gasteiger charge is 2.29. The van der Waals surface area contributed by atoms with Gasteiger partial charge >= 0.3 is 0 Å². The highest BCUT2D eigenvalue weighted by atomic mass is 32.2. The van der Waals surface area contributed by atoms with Gasteiger partial charge in [-0.1, -0.05) is 13.8 Å². The highest BCUT2D eigenvalue weighted by Crippen LogP contribution is 2.27. The Bertz CT molecular complexity index is 528. The SMILES string of the molecule is CCN(CC)N1N=C(NC(C)C)C=C(SN2C(=O)CCCC2=O)N1. The van der Waals surface area contributed by atoms with Crippen molar-refractivity contribution in [2.24, 2.45) is 5.10 Å². The van der Waals surface area contributed by atoms with Crippen LogP contribution < -0.4 is 10.7 Å². The van der Waals surface area contributed by atoms with Crippen molar-refractivity contribution >= 4 is 29.6 Å². The summed E-state index contributed by atoms with van der Waals surface area (Å²) in [4.78, 5) is 24.0. The summed E-state index contributed by atoms with van der Waals surface area (Å²) in [5.41, 5.74) is 3.16. The Morgan fingerprint density at radius 2 is 1.92 bits per heavy atom. The zero-order valence-corrected chi connectivity index (χ0v) is 15.5. The van der Waals surface area contributed by atoms with Gasteiger partial charge in [0.15, 0.2) is 5.84 Å². The molecule has 0 aromatic rings. The van der Waals surface area contributed by atoms with Crippen molar-refractivity contribution in [3.8, 4) is 0 Å². The van der Waals surface area contributed by atoms with E-state index in [1.165, 1.54) is 4.31 Å². The van der Waals surface area contributed by atoms with E-state index in [9.17, 15) is 9.59 Å². The molecule has 2 heterocycles. The molecule has 9 heteroatoms. The van der Waals surface area contributed by atoms with Crippen LogP contribution in [0.15, 0.2) is 16.2 Å². The molecule has 0 aliphatic carbocycles. The number of hydrazone groups is 1. The molecule has 2 amide bonds. The van der Waals surface area contributed by atoms with Gasteiger partial charge in [-0.25, -0.2) is 4.31 Å². The first-order chi connectivity index (χ1) is 11.4. The summed E-state index contributed by atoms with van der Waals surface area (Å²) < 4.78 is 1.25. The topological polar surface area (TPSA) is 80.3 Å². The summed E-state index contributed by atoms with van der Waals surface area (Å²) in [6.45, 7) is 9.70. The normalized spacial score (nSPS) is 18.8. The number of hydrogen-bond acceptors (Lipinski definition) is 8. The Morgan fingerprint density at radius 1 is 1.29 bits per heavy atom. The van der Waals surface area contributed by atoms with Gasteiger partial charge < -0.3 is 5.32 Å². The molecule has 134 valence electrons. The number of nitrogens with one attached hydrogen (secondary N) is 2. The molecule has 0 aromatic heterocycles. The van der Waals surface area contributed by atoms with Gasteiger partial charge in [-0.05, 0) is 20.3 Å². The van der Waals surface area contributed by atoms with Crippen LogP contribution in [-0.4, -0.2) is 51.3 Å². The Morgan fingerprint density at radius 3 is 2.46 bits per heavy atom. The van der Waals surface area contributed by atoms with Crippen LogP contribution in [0.25, 0.3) is 0 Å². The van der Waals surface area contributed by atoms with E-state index >= 15 is 0 Å². The second kappa shape index (κ2) is 8.39. The minimum Gasteiger partial charge on any atom is -0.366 e. The summed E-state index contributed by atoms with van der Waals surface area (Å²) in [6, 6.07) is 0.223. The van der Waals surface area contributed by atoms with Crippen molar-refractivity contribution in [2.75, 3.05) is 13.1 Å². The molecular formula is C15H26N6O2S. The van der Waals surface area contributed by atoms with E-state index in [-0.39, 0.29) is 17.9 Å². The van der Waals surface area contributed by atoms with Crippen LogP contribution in [0.5, 0.6) is 0 Å². The molecule has 1 saturated heterocycles. The van der Waals surface area contributed by atoms with E-state index < -0.39 is 0 Å². The Labute approximate surface area is 147 Å².